The van der Waals surface area contributed by atoms with Gasteiger partial charge in [-0.3, -0.25) is 0 Å². The fourth-order valence-electron chi connectivity index (χ4n) is 2.10. The SMILES string of the molecule is CCCCCC1(C)CCCCN1. The molecule has 1 fully saturated rings. The highest BCUT2D eigenvalue weighted by Gasteiger charge is 2.24. The van der Waals surface area contributed by atoms with Gasteiger partial charge in [-0.25, -0.2) is 0 Å². The summed E-state index contributed by atoms with van der Waals surface area (Å²) in [5.41, 5.74) is 0.480. The summed E-state index contributed by atoms with van der Waals surface area (Å²) in [5, 5.41) is 3.65. The van der Waals surface area contributed by atoms with Crippen molar-refractivity contribution < 1.29 is 0 Å². The van der Waals surface area contributed by atoms with E-state index < -0.39 is 0 Å². The molecule has 1 nitrogen and oxygen atoms in total. The van der Waals surface area contributed by atoms with Crippen molar-refractivity contribution in [1.82, 2.24) is 5.32 Å². The van der Waals surface area contributed by atoms with Crippen LogP contribution in [-0.4, -0.2) is 12.1 Å². The highest BCUT2D eigenvalue weighted by atomic mass is 15.0. The van der Waals surface area contributed by atoms with Crippen LogP contribution in [0.2, 0.25) is 0 Å². The Morgan fingerprint density at radius 1 is 1.25 bits per heavy atom. The van der Waals surface area contributed by atoms with Crippen LogP contribution in [0.25, 0.3) is 0 Å². The van der Waals surface area contributed by atoms with Gasteiger partial charge in [0.15, 0.2) is 0 Å². The highest BCUT2D eigenvalue weighted by Crippen LogP contribution is 2.24. The van der Waals surface area contributed by atoms with Gasteiger partial charge in [-0.2, -0.15) is 0 Å². The molecule has 0 aromatic carbocycles. The van der Waals surface area contributed by atoms with Crippen molar-refractivity contribution >= 4 is 0 Å². The number of unbranched alkanes of at least 4 members (excludes halogenated alkanes) is 2. The molecule has 72 valence electrons. The summed E-state index contributed by atoms with van der Waals surface area (Å²) >= 11 is 0. The average Bonchev–Trinajstić information content (AvgIpc) is 2.06. The molecule has 0 aliphatic carbocycles. The smallest absolute Gasteiger partial charge is 0.0153 e. The first-order chi connectivity index (χ1) is 5.77. The zero-order chi connectivity index (χ0) is 8.86. The van der Waals surface area contributed by atoms with Gasteiger partial charge in [-0.1, -0.05) is 32.6 Å². The lowest BCUT2D eigenvalue weighted by molar-refractivity contribution is 0.254. The van der Waals surface area contributed by atoms with Crippen LogP contribution in [0.5, 0.6) is 0 Å². The molecule has 1 N–H and O–H groups in total. The third-order valence-corrected chi connectivity index (χ3v) is 3.04. The van der Waals surface area contributed by atoms with E-state index in [9.17, 15) is 0 Å². The number of rotatable bonds is 4. The first-order valence-electron chi connectivity index (χ1n) is 5.52. The lowest BCUT2D eigenvalue weighted by atomic mass is 9.86. The van der Waals surface area contributed by atoms with Gasteiger partial charge in [-0.15, -0.1) is 0 Å². The monoisotopic (exact) mass is 169 g/mol. The molecule has 0 amide bonds. The van der Waals surface area contributed by atoms with Crippen LogP contribution in [-0.2, 0) is 0 Å². The lowest BCUT2D eigenvalue weighted by Gasteiger charge is -2.35. The maximum atomic E-state index is 3.65. The summed E-state index contributed by atoms with van der Waals surface area (Å²) in [6.45, 7) is 5.90. The summed E-state index contributed by atoms with van der Waals surface area (Å²) in [4.78, 5) is 0. The Bertz CT molecular complexity index is 114. The molecule has 0 spiro atoms. The number of piperidine rings is 1. The normalized spacial score (nSPS) is 30.5. The highest BCUT2D eigenvalue weighted by molar-refractivity contribution is 4.85. The summed E-state index contributed by atoms with van der Waals surface area (Å²) in [7, 11) is 0. The maximum absolute atomic E-state index is 3.65. The van der Waals surface area contributed by atoms with Crippen molar-refractivity contribution in [2.75, 3.05) is 6.54 Å². The molecule has 1 heteroatoms. The molecule has 1 aliphatic rings. The van der Waals surface area contributed by atoms with Crippen LogP contribution in [0.15, 0.2) is 0 Å². The fraction of sp³-hybridized carbons (Fsp3) is 1.00. The predicted molar refractivity (Wildman–Crippen MR) is 54.4 cm³/mol. The number of nitrogens with one attached hydrogen (secondary N) is 1. The van der Waals surface area contributed by atoms with Crippen molar-refractivity contribution in [1.29, 1.82) is 0 Å². The van der Waals surface area contributed by atoms with Crippen molar-refractivity contribution in [3.8, 4) is 0 Å². The van der Waals surface area contributed by atoms with E-state index in [0.717, 1.165) is 0 Å². The molecule has 12 heavy (non-hydrogen) atoms. The standard InChI is InChI=1S/C11H23N/c1-3-4-5-8-11(2)9-6-7-10-12-11/h12H,3-10H2,1-2H3. The van der Waals surface area contributed by atoms with Crippen LogP contribution >= 0.6 is 0 Å². The molecule has 1 heterocycles. The molecule has 1 atom stereocenters. The molecule has 1 rings (SSSR count). The minimum atomic E-state index is 0.480. The lowest BCUT2D eigenvalue weighted by Crippen LogP contribution is -2.45. The van der Waals surface area contributed by atoms with E-state index in [1.54, 1.807) is 0 Å². The fourth-order valence-corrected chi connectivity index (χ4v) is 2.10. The summed E-state index contributed by atoms with van der Waals surface area (Å²) in [6, 6.07) is 0. The Hall–Kier alpha value is -0.0400. The van der Waals surface area contributed by atoms with Gasteiger partial charge in [0, 0.05) is 5.54 Å². The van der Waals surface area contributed by atoms with Gasteiger partial charge in [0.2, 0.25) is 0 Å². The zero-order valence-electron chi connectivity index (χ0n) is 8.66. The third-order valence-electron chi connectivity index (χ3n) is 3.04. The van der Waals surface area contributed by atoms with Crippen molar-refractivity contribution in [2.45, 2.75) is 64.3 Å². The Labute approximate surface area is 76.9 Å². The van der Waals surface area contributed by atoms with E-state index in [1.165, 1.54) is 51.5 Å². The van der Waals surface area contributed by atoms with Gasteiger partial charge >= 0.3 is 0 Å². The van der Waals surface area contributed by atoms with Crippen molar-refractivity contribution in [3.63, 3.8) is 0 Å². The summed E-state index contributed by atoms with van der Waals surface area (Å²) < 4.78 is 0. The second-order valence-corrected chi connectivity index (χ2v) is 4.40. The minimum absolute atomic E-state index is 0.480. The van der Waals surface area contributed by atoms with E-state index in [1.807, 2.05) is 0 Å². The maximum Gasteiger partial charge on any atom is 0.0153 e. The van der Waals surface area contributed by atoms with Gasteiger partial charge in [0.25, 0.3) is 0 Å². The van der Waals surface area contributed by atoms with Crippen LogP contribution in [0.3, 0.4) is 0 Å². The van der Waals surface area contributed by atoms with Crippen LogP contribution < -0.4 is 5.32 Å². The molecule has 1 unspecified atom stereocenters. The summed E-state index contributed by atoms with van der Waals surface area (Å²) in [5.74, 6) is 0. The van der Waals surface area contributed by atoms with Crippen LogP contribution in [0.1, 0.15) is 58.8 Å². The first-order valence-corrected chi connectivity index (χ1v) is 5.52. The van der Waals surface area contributed by atoms with Crippen molar-refractivity contribution in [3.05, 3.63) is 0 Å². The quantitative estimate of drug-likeness (QED) is 0.638. The zero-order valence-corrected chi connectivity index (χ0v) is 8.66. The van der Waals surface area contributed by atoms with Crippen molar-refractivity contribution in [2.24, 2.45) is 0 Å². The predicted octanol–water partition coefficient (Wildman–Crippen LogP) is 3.10. The molecule has 0 bridgehead atoms. The average molecular weight is 169 g/mol. The molecule has 0 saturated carbocycles. The molecular weight excluding hydrogens is 146 g/mol. The van der Waals surface area contributed by atoms with E-state index in [-0.39, 0.29) is 0 Å². The van der Waals surface area contributed by atoms with E-state index >= 15 is 0 Å². The minimum Gasteiger partial charge on any atom is -0.312 e. The molecule has 1 aliphatic heterocycles. The second-order valence-electron chi connectivity index (χ2n) is 4.40. The van der Waals surface area contributed by atoms with Gasteiger partial charge < -0.3 is 5.32 Å². The molecule has 0 radical (unpaired) electrons. The Balaban J connectivity index is 2.17. The summed E-state index contributed by atoms with van der Waals surface area (Å²) in [6.07, 6.45) is 9.71. The van der Waals surface area contributed by atoms with Crippen LogP contribution in [0.4, 0.5) is 0 Å². The van der Waals surface area contributed by atoms with Crippen LogP contribution in [0, 0.1) is 0 Å². The number of hydrogen-bond donors (Lipinski definition) is 1. The second kappa shape index (κ2) is 4.86. The molecule has 0 aromatic heterocycles. The molecular formula is C11H23N. The van der Waals surface area contributed by atoms with Gasteiger partial charge in [0.1, 0.15) is 0 Å². The van der Waals surface area contributed by atoms with Gasteiger partial charge in [-0.05, 0) is 32.7 Å². The largest absolute Gasteiger partial charge is 0.312 e. The van der Waals surface area contributed by atoms with E-state index in [2.05, 4.69) is 19.2 Å². The Morgan fingerprint density at radius 2 is 2.08 bits per heavy atom. The third kappa shape index (κ3) is 3.14. The first kappa shape index (κ1) is 10.0. The topological polar surface area (TPSA) is 12.0 Å². The Morgan fingerprint density at radius 3 is 2.67 bits per heavy atom. The van der Waals surface area contributed by atoms with E-state index in [0.29, 0.717) is 5.54 Å². The Kier molecular flexibility index (Phi) is 4.07. The number of hydrogen-bond acceptors (Lipinski definition) is 1. The molecule has 0 aromatic rings. The van der Waals surface area contributed by atoms with Gasteiger partial charge in [0.05, 0.1) is 0 Å². The van der Waals surface area contributed by atoms with E-state index in [4.69, 9.17) is 0 Å². The molecule has 1 saturated heterocycles.